The van der Waals surface area contributed by atoms with Crippen LogP contribution in [-0.4, -0.2) is 14.4 Å². The lowest BCUT2D eigenvalue weighted by Crippen LogP contribution is -1.86. The minimum absolute atomic E-state index is 0.983. The van der Waals surface area contributed by atoms with E-state index < -0.39 is 0 Å². The largest absolute Gasteiger partial charge is 0.347 e. The summed E-state index contributed by atoms with van der Waals surface area (Å²) in [6, 6.07) is 14.4. The molecule has 0 fully saturated rings. The first-order valence-corrected chi connectivity index (χ1v) is 5.27. The second-order valence-electron chi connectivity index (χ2n) is 3.91. The van der Waals surface area contributed by atoms with E-state index in [0.717, 1.165) is 22.3 Å². The number of hydrogen-bond acceptors (Lipinski definition) is 1. The molecule has 0 radical (unpaired) electrons. The topological polar surface area (TPSA) is 33.1 Å². The van der Waals surface area contributed by atoms with Crippen molar-refractivity contribution in [1.82, 2.24) is 14.4 Å². The monoisotopic (exact) mass is 207 g/mol. The highest BCUT2D eigenvalue weighted by Crippen LogP contribution is 2.21. The van der Waals surface area contributed by atoms with Gasteiger partial charge in [-0.3, -0.25) is 4.40 Å². The number of rotatable bonds is 0. The molecule has 0 bridgehead atoms. The Kier molecular flexibility index (Phi) is 1.31. The fraction of sp³-hybridized carbons (Fsp3) is 0. The van der Waals surface area contributed by atoms with Crippen molar-refractivity contribution in [2.45, 2.75) is 0 Å². The van der Waals surface area contributed by atoms with Crippen LogP contribution in [0, 0.1) is 0 Å². The third kappa shape index (κ3) is 0.852. The van der Waals surface area contributed by atoms with Crippen molar-refractivity contribution in [3.05, 3.63) is 48.7 Å². The SMILES string of the molecule is c1ccc2c(c1)nc1ccc3cc[nH]c3n12. The van der Waals surface area contributed by atoms with Crippen LogP contribution in [0.4, 0.5) is 0 Å². The van der Waals surface area contributed by atoms with Gasteiger partial charge >= 0.3 is 0 Å². The van der Waals surface area contributed by atoms with Crippen molar-refractivity contribution >= 4 is 27.7 Å². The first-order chi connectivity index (χ1) is 7.93. The van der Waals surface area contributed by atoms with Crippen molar-refractivity contribution in [2.24, 2.45) is 0 Å². The van der Waals surface area contributed by atoms with Crippen LogP contribution in [-0.2, 0) is 0 Å². The number of nitrogens with one attached hydrogen (secondary N) is 1. The van der Waals surface area contributed by atoms with Gasteiger partial charge in [0.15, 0.2) is 0 Å². The van der Waals surface area contributed by atoms with Crippen molar-refractivity contribution in [3.8, 4) is 0 Å². The lowest BCUT2D eigenvalue weighted by molar-refractivity contribution is 1.24. The van der Waals surface area contributed by atoms with Gasteiger partial charge in [0.2, 0.25) is 0 Å². The quantitative estimate of drug-likeness (QED) is 0.472. The number of nitrogens with zero attached hydrogens (tertiary/aromatic N) is 2. The molecule has 0 aliphatic heterocycles. The molecule has 76 valence electrons. The van der Waals surface area contributed by atoms with Gasteiger partial charge in [0.1, 0.15) is 11.3 Å². The number of benzene rings is 1. The van der Waals surface area contributed by atoms with Crippen molar-refractivity contribution in [1.29, 1.82) is 0 Å². The molecule has 3 aromatic heterocycles. The lowest BCUT2D eigenvalue weighted by Gasteiger charge is -1.97. The average Bonchev–Trinajstić information content (AvgIpc) is 2.91. The van der Waals surface area contributed by atoms with Crippen LogP contribution < -0.4 is 0 Å². The van der Waals surface area contributed by atoms with Gasteiger partial charge in [0.25, 0.3) is 0 Å². The molecular weight excluding hydrogens is 198 g/mol. The molecule has 0 aliphatic rings. The van der Waals surface area contributed by atoms with E-state index in [-0.39, 0.29) is 0 Å². The van der Waals surface area contributed by atoms with Gasteiger partial charge in [-0.2, -0.15) is 0 Å². The maximum atomic E-state index is 4.59. The first kappa shape index (κ1) is 7.93. The fourth-order valence-electron chi connectivity index (χ4n) is 2.26. The summed E-state index contributed by atoms with van der Waals surface area (Å²) in [6.45, 7) is 0. The molecule has 3 heterocycles. The molecule has 4 aromatic rings. The van der Waals surface area contributed by atoms with Crippen molar-refractivity contribution in [3.63, 3.8) is 0 Å². The Hall–Kier alpha value is -2.29. The Morgan fingerprint density at radius 2 is 1.94 bits per heavy atom. The van der Waals surface area contributed by atoms with Gasteiger partial charge in [-0.25, -0.2) is 4.98 Å². The third-order valence-electron chi connectivity index (χ3n) is 2.98. The molecule has 0 saturated heterocycles. The molecule has 1 N–H and O–H groups in total. The van der Waals surface area contributed by atoms with Gasteiger partial charge in [0.05, 0.1) is 11.0 Å². The molecule has 0 spiro atoms. The zero-order chi connectivity index (χ0) is 10.5. The number of hydrogen-bond donors (Lipinski definition) is 1. The summed E-state index contributed by atoms with van der Waals surface area (Å²) in [4.78, 5) is 7.85. The first-order valence-electron chi connectivity index (χ1n) is 5.27. The summed E-state index contributed by atoms with van der Waals surface area (Å²) in [6.07, 6.45) is 1.96. The van der Waals surface area contributed by atoms with Crippen molar-refractivity contribution in [2.75, 3.05) is 0 Å². The predicted octanol–water partition coefficient (Wildman–Crippen LogP) is 2.97. The van der Waals surface area contributed by atoms with Crippen molar-refractivity contribution < 1.29 is 0 Å². The van der Waals surface area contributed by atoms with E-state index in [0.29, 0.717) is 0 Å². The van der Waals surface area contributed by atoms with Crippen LogP contribution in [0.3, 0.4) is 0 Å². The van der Waals surface area contributed by atoms with E-state index in [4.69, 9.17) is 0 Å². The molecule has 0 atom stereocenters. The summed E-state index contributed by atoms with van der Waals surface area (Å²) < 4.78 is 2.16. The van der Waals surface area contributed by atoms with Crippen LogP contribution >= 0.6 is 0 Å². The van der Waals surface area contributed by atoms with Gasteiger partial charge in [0, 0.05) is 11.6 Å². The summed E-state index contributed by atoms with van der Waals surface area (Å²) >= 11 is 0. The van der Waals surface area contributed by atoms with E-state index in [1.807, 2.05) is 24.4 Å². The Labute approximate surface area is 91.3 Å². The summed E-state index contributed by atoms with van der Waals surface area (Å²) in [5.74, 6) is 0. The minimum Gasteiger partial charge on any atom is -0.347 e. The van der Waals surface area contributed by atoms with Crippen LogP contribution in [0.1, 0.15) is 0 Å². The Morgan fingerprint density at radius 1 is 1.00 bits per heavy atom. The van der Waals surface area contributed by atoms with E-state index in [1.165, 1.54) is 5.39 Å². The van der Waals surface area contributed by atoms with E-state index >= 15 is 0 Å². The maximum absolute atomic E-state index is 4.59. The highest BCUT2D eigenvalue weighted by atomic mass is 15.1. The lowest BCUT2D eigenvalue weighted by atomic mass is 10.3. The van der Waals surface area contributed by atoms with E-state index in [9.17, 15) is 0 Å². The summed E-state index contributed by atoms with van der Waals surface area (Å²) in [5.41, 5.74) is 4.26. The maximum Gasteiger partial charge on any atom is 0.139 e. The summed E-state index contributed by atoms with van der Waals surface area (Å²) in [5, 5.41) is 1.20. The fourth-order valence-corrected chi connectivity index (χ4v) is 2.26. The Morgan fingerprint density at radius 3 is 2.94 bits per heavy atom. The van der Waals surface area contributed by atoms with Gasteiger partial charge in [-0.1, -0.05) is 12.1 Å². The molecule has 3 heteroatoms. The van der Waals surface area contributed by atoms with E-state index in [2.05, 4.69) is 38.6 Å². The van der Waals surface area contributed by atoms with Crippen LogP contribution in [0.15, 0.2) is 48.7 Å². The van der Waals surface area contributed by atoms with Crippen LogP contribution in [0.25, 0.3) is 27.7 Å². The molecule has 3 nitrogen and oxygen atoms in total. The molecule has 1 aromatic carbocycles. The zero-order valence-corrected chi connectivity index (χ0v) is 8.51. The van der Waals surface area contributed by atoms with Gasteiger partial charge in [-0.05, 0) is 30.3 Å². The number of imidazole rings is 1. The minimum atomic E-state index is 0.983. The average molecular weight is 207 g/mol. The molecule has 0 aliphatic carbocycles. The number of H-pyrrole nitrogens is 1. The molecule has 0 saturated carbocycles. The summed E-state index contributed by atoms with van der Waals surface area (Å²) in [7, 11) is 0. The standard InChI is InChI=1S/C13H9N3/c1-2-4-11-10(3-1)15-12-6-5-9-7-8-14-13(9)16(11)12/h1-8,14H. The predicted molar refractivity (Wildman–Crippen MR) is 64.6 cm³/mol. The number of aromatic amines is 1. The zero-order valence-electron chi connectivity index (χ0n) is 8.51. The smallest absolute Gasteiger partial charge is 0.139 e. The number of para-hydroxylation sites is 2. The molecule has 0 unspecified atom stereocenters. The Bertz CT molecular complexity index is 808. The second kappa shape index (κ2) is 2.64. The number of fused-ring (bicyclic) bond motifs is 5. The highest BCUT2D eigenvalue weighted by Gasteiger charge is 2.06. The highest BCUT2D eigenvalue weighted by molar-refractivity contribution is 5.88. The van der Waals surface area contributed by atoms with Crippen LogP contribution in [0.5, 0.6) is 0 Å². The normalized spacial score (nSPS) is 11.8. The van der Waals surface area contributed by atoms with Crippen LogP contribution in [0.2, 0.25) is 0 Å². The van der Waals surface area contributed by atoms with Gasteiger partial charge < -0.3 is 4.98 Å². The van der Waals surface area contributed by atoms with Gasteiger partial charge in [-0.15, -0.1) is 0 Å². The number of aromatic nitrogens is 3. The molecule has 0 amide bonds. The molecular formula is C13H9N3. The van der Waals surface area contributed by atoms with E-state index in [1.54, 1.807) is 0 Å². The molecule has 4 rings (SSSR count). The second-order valence-corrected chi connectivity index (χ2v) is 3.91. The Balaban J connectivity index is 2.42. The molecule has 16 heavy (non-hydrogen) atoms. The third-order valence-corrected chi connectivity index (χ3v) is 2.98. The number of pyridine rings is 1.